The topological polar surface area (TPSA) is 32.8 Å². The van der Waals surface area contributed by atoms with Crippen LogP contribution >= 0.6 is 0 Å². The summed E-state index contributed by atoms with van der Waals surface area (Å²) in [5.74, 6) is -0.0323. The number of ketones is 1. The lowest BCUT2D eigenvalue weighted by Crippen LogP contribution is -2.45. The second-order valence-corrected chi connectivity index (χ2v) is 10.7. The van der Waals surface area contributed by atoms with Crippen molar-refractivity contribution in [1.82, 2.24) is 9.80 Å². The molecule has 2 aliphatic rings. The van der Waals surface area contributed by atoms with E-state index in [-0.39, 0.29) is 17.6 Å². The van der Waals surface area contributed by atoms with Crippen molar-refractivity contribution in [3.8, 4) is 0 Å². The summed E-state index contributed by atoms with van der Waals surface area (Å²) in [6, 6.07) is 41.9. The van der Waals surface area contributed by atoms with Crippen molar-refractivity contribution in [1.29, 1.82) is 0 Å². The summed E-state index contributed by atoms with van der Waals surface area (Å²) in [6.45, 7) is 5.47. The highest BCUT2D eigenvalue weighted by atomic mass is 16.5. The quantitative estimate of drug-likeness (QED) is 0.244. The minimum atomic E-state index is -0.211. The van der Waals surface area contributed by atoms with E-state index in [2.05, 4.69) is 101 Å². The highest BCUT2D eigenvalue weighted by Gasteiger charge is 2.41. The van der Waals surface area contributed by atoms with Gasteiger partial charge in [-0.15, -0.1) is 0 Å². The van der Waals surface area contributed by atoms with E-state index in [0.29, 0.717) is 6.54 Å². The number of Topliss-reactive ketones (excluding diaryl/α,β-unsaturated/α-hetero) is 1. The molecule has 2 aliphatic heterocycles. The predicted octanol–water partition coefficient (Wildman–Crippen LogP) is 6.53. The zero-order valence-corrected chi connectivity index (χ0v) is 22.9. The molecule has 0 spiro atoms. The standard InChI is InChI=1S/C36H36N2O2/c39-36(31-19-11-4-12-20-31)33-27-38(25-28-13-5-1-6-14-28)35(30-17-9-3-10-18-30)32(26-37-21-23-40-24-22-37)34(33)29-15-7-2-8-16-29/h1-20,33-34H,21-27H2. The lowest BCUT2D eigenvalue weighted by molar-refractivity contribution is 0.0406. The molecular weight excluding hydrogens is 492 g/mol. The van der Waals surface area contributed by atoms with Gasteiger partial charge in [-0.2, -0.15) is 0 Å². The van der Waals surface area contributed by atoms with E-state index in [1.54, 1.807) is 0 Å². The molecule has 0 radical (unpaired) electrons. The molecular formula is C36H36N2O2. The Morgan fingerprint density at radius 2 is 1.27 bits per heavy atom. The third-order valence-electron chi connectivity index (χ3n) is 8.13. The van der Waals surface area contributed by atoms with Crippen LogP contribution in [0.1, 0.15) is 33.0 Å². The fourth-order valence-electron chi connectivity index (χ4n) is 6.26. The first kappa shape index (κ1) is 26.2. The van der Waals surface area contributed by atoms with E-state index in [4.69, 9.17) is 4.74 Å². The summed E-state index contributed by atoms with van der Waals surface area (Å²) in [7, 11) is 0. The van der Waals surface area contributed by atoms with Crippen LogP contribution in [0.25, 0.3) is 5.70 Å². The zero-order chi connectivity index (χ0) is 27.1. The summed E-state index contributed by atoms with van der Waals surface area (Å²) in [4.78, 5) is 19.3. The molecule has 4 aromatic carbocycles. The molecule has 1 saturated heterocycles. The smallest absolute Gasteiger partial charge is 0.168 e. The Balaban J connectivity index is 1.55. The van der Waals surface area contributed by atoms with E-state index in [0.717, 1.165) is 45.0 Å². The van der Waals surface area contributed by atoms with Crippen LogP contribution in [-0.4, -0.2) is 55.0 Å². The maximum Gasteiger partial charge on any atom is 0.168 e. The molecule has 4 aromatic rings. The number of ether oxygens (including phenoxy) is 1. The van der Waals surface area contributed by atoms with Crippen molar-refractivity contribution in [2.24, 2.45) is 5.92 Å². The SMILES string of the molecule is O=C(c1ccccc1)C1CN(Cc2ccccc2)C(c2ccccc2)=C(CN2CCOCC2)C1c1ccccc1. The Morgan fingerprint density at radius 1 is 0.700 bits per heavy atom. The molecule has 202 valence electrons. The first-order valence-electron chi connectivity index (χ1n) is 14.3. The molecule has 6 rings (SSSR count). The molecule has 1 fully saturated rings. The van der Waals surface area contributed by atoms with E-state index in [1.807, 2.05) is 30.3 Å². The second kappa shape index (κ2) is 12.5. The van der Waals surface area contributed by atoms with Crippen LogP contribution in [-0.2, 0) is 11.3 Å². The van der Waals surface area contributed by atoms with Crippen molar-refractivity contribution in [2.45, 2.75) is 12.5 Å². The van der Waals surface area contributed by atoms with Crippen LogP contribution in [0, 0.1) is 5.92 Å². The Labute approximate surface area is 237 Å². The Hall–Kier alpha value is -3.99. The summed E-state index contributed by atoms with van der Waals surface area (Å²) in [5.41, 5.74) is 6.99. The molecule has 2 atom stereocenters. The lowest BCUT2D eigenvalue weighted by atomic mass is 9.72. The molecule has 40 heavy (non-hydrogen) atoms. The molecule has 0 aromatic heterocycles. The number of morpholine rings is 1. The molecule has 4 heteroatoms. The second-order valence-electron chi connectivity index (χ2n) is 10.7. The third kappa shape index (κ3) is 5.79. The molecule has 0 amide bonds. The van der Waals surface area contributed by atoms with Gasteiger partial charge in [0.2, 0.25) is 0 Å². The summed E-state index contributed by atoms with van der Waals surface area (Å²) in [5, 5.41) is 0. The van der Waals surface area contributed by atoms with Crippen molar-refractivity contribution in [3.63, 3.8) is 0 Å². The van der Waals surface area contributed by atoms with Gasteiger partial charge in [0, 0.05) is 49.9 Å². The molecule has 0 aliphatic carbocycles. The monoisotopic (exact) mass is 528 g/mol. The molecule has 2 unspecified atom stereocenters. The molecule has 4 nitrogen and oxygen atoms in total. The van der Waals surface area contributed by atoms with Crippen LogP contribution in [0.3, 0.4) is 0 Å². The summed E-state index contributed by atoms with van der Waals surface area (Å²) >= 11 is 0. The number of carbonyl (C=O) groups excluding carboxylic acids is 1. The van der Waals surface area contributed by atoms with Crippen LogP contribution in [0.4, 0.5) is 0 Å². The Morgan fingerprint density at radius 3 is 1.93 bits per heavy atom. The highest BCUT2D eigenvalue weighted by Crippen LogP contribution is 2.45. The van der Waals surface area contributed by atoms with Crippen molar-refractivity contribution < 1.29 is 9.53 Å². The van der Waals surface area contributed by atoms with Gasteiger partial charge in [-0.3, -0.25) is 9.69 Å². The third-order valence-corrected chi connectivity index (χ3v) is 8.13. The molecule has 0 saturated carbocycles. The molecule has 0 N–H and O–H groups in total. The summed E-state index contributed by atoms with van der Waals surface area (Å²) in [6.07, 6.45) is 0. The number of benzene rings is 4. The van der Waals surface area contributed by atoms with E-state index in [1.165, 1.54) is 28.0 Å². The highest BCUT2D eigenvalue weighted by molar-refractivity contribution is 5.99. The molecule has 0 bridgehead atoms. The predicted molar refractivity (Wildman–Crippen MR) is 161 cm³/mol. The number of nitrogens with zero attached hydrogens (tertiary/aromatic N) is 2. The van der Waals surface area contributed by atoms with E-state index >= 15 is 0 Å². The number of rotatable bonds is 8. The van der Waals surface area contributed by atoms with Gasteiger partial charge < -0.3 is 9.64 Å². The number of hydrogen-bond acceptors (Lipinski definition) is 4. The van der Waals surface area contributed by atoms with E-state index < -0.39 is 0 Å². The minimum Gasteiger partial charge on any atom is -0.379 e. The zero-order valence-electron chi connectivity index (χ0n) is 22.9. The van der Waals surface area contributed by atoms with Crippen molar-refractivity contribution in [3.05, 3.63) is 149 Å². The van der Waals surface area contributed by atoms with Gasteiger partial charge in [-0.05, 0) is 22.3 Å². The van der Waals surface area contributed by atoms with Gasteiger partial charge in [0.05, 0.1) is 19.1 Å². The number of hydrogen-bond donors (Lipinski definition) is 0. The lowest BCUT2D eigenvalue weighted by Gasteiger charge is -2.44. The van der Waals surface area contributed by atoms with Gasteiger partial charge in [-0.25, -0.2) is 0 Å². The van der Waals surface area contributed by atoms with Crippen LogP contribution in [0.5, 0.6) is 0 Å². The fraction of sp³-hybridized carbons (Fsp3) is 0.250. The Kier molecular flexibility index (Phi) is 8.17. The minimum absolute atomic E-state index is 0.0287. The maximum atomic E-state index is 14.4. The van der Waals surface area contributed by atoms with Crippen molar-refractivity contribution >= 4 is 11.5 Å². The van der Waals surface area contributed by atoms with Crippen molar-refractivity contribution in [2.75, 3.05) is 39.4 Å². The Bertz CT molecular complexity index is 1420. The summed E-state index contributed by atoms with van der Waals surface area (Å²) < 4.78 is 5.71. The largest absolute Gasteiger partial charge is 0.379 e. The van der Waals surface area contributed by atoms with Gasteiger partial charge in [0.15, 0.2) is 5.78 Å². The normalized spacial score (nSPS) is 19.9. The van der Waals surface area contributed by atoms with Gasteiger partial charge in [0.1, 0.15) is 0 Å². The average Bonchev–Trinajstić information content (AvgIpc) is 3.03. The van der Waals surface area contributed by atoms with Gasteiger partial charge in [-0.1, -0.05) is 121 Å². The van der Waals surface area contributed by atoms with Crippen LogP contribution in [0.15, 0.2) is 127 Å². The number of carbonyl (C=O) groups is 1. The average molecular weight is 529 g/mol. The fourth-order valence-corrected chi connectivity index (χ4v) is 6.26. The van der Waals surface area contributed by atoms with Crippen LogP contribution < -0.4 is 0 Å². The first-order valence-corrected chi connectivity index (χ1v) is 14.3. The maximum absolute atomic E-state index is 14.4. The van der Waals surface area contributed by atoms with Gasteiger partial charge in [0.25, 0.3) is 0 Å². The first-order chi connectivity index (χ1) is 19.8. The van der Waals surface area contributed by atoms with Gasteiger partial charge >= 0.3 is 0 Å². The van der Waals surface area contributed by atoms with E-state index in [9.17, 15) is 4.79 Å². The van der Waals surface area contributed by atoms with Crippen LogP contribution in [0.2, 0.25) is 0 Å². The molecule has 2 heterocycles.